The summed E-state index contributed by atoms with van der Waals surface area (Å²) in [5.41, 5.74) is -2.12. The van der Waals surface area contributed by atoms with Crippen LogP contribution in [0.25, 0.3) is 11.4 Å². The lowest BCUT2D eigenvalue weighted by Crippen LogP contribution is -2.48. The molecule has 252 valence electrons. The number of carbonyl (C=O) groups is 2. The van der Waals surface area contributed by atoms with Crippen molar-refractivity contribution in [2.45, 2.75) is 43.3 Å². The van der Waals surface area contributed by atoms with Gasteiger partial charge in [-0.25, -0.2) is 4.79 Å². The van der Waals surface area contributed by atoms with E-state index < -0.39 is 41.3 Å². The highest BCUT2D eigenvalue weighted by Gasteiger charge is 2.51. The second kappa shape index (κ2) is 13.8. The molecule has 12 nitrogen and oxygen atoms in total. The molecule has 3 aliphatic rings. The molecule has 0 bridgehead atoms. The van der Waals surface area contributed by atoms with Crippen molar-refractivity contribution in [2.75, 3.05) is 58.4 Å². The lowest BCUT2D eigenvalue weighted by molar-refractivity contribution is -0.138. The van der Waals surface area contributed by atoms with Crippen LogP contribution in [0, 0.1) is 0 Å². The van der Waals surface area contributed by atoms with Crippen LogP contribution in [0.2, 0.25) is 0 Å². The van der Waals surface area contributed by atoms with Crippen LogP contribution in [0.4, 0.5) is 18.0 Å². The molecular formula is C31H34F3N5O7S. The van der Waals surface area contributed by atoms with E-state index in [2.05, 4.69) is 15.0 Å². The average Bonchev–Trinajstić information content (AvgIpc) is 3.78. The third kappa shape index (κ3) is 7.41. The second-order valence-electron chi connectivity index (χ2n) is 11.6. The lowest BCUT2D eigenvalue weighted by Gasteiger charge is -2.32. The molecule has 2 aromatic carbocycles. The van der Waals surface area contributed by atoms with Gasteiger partial charge in [0.25, 0.3) is 5.91 Å². The Kier molecular flexibility index (Phi) is 9.75. The highest BCUT2D eigenvalue weighted by atomic mass is 32.2. The van der Waals surface area contributed by atoms with Gasteiger partial charge in [0.2, 0.25) is 11.7 Å². The van der Waals surface area contributed by atoms with Gasteiger partial charge >= 0.3 is 12.2 Å². The predicted octanol–water partition coefficient (Wildman–Crippen LogP) is 4.89. The van der Waals surface area contributed by atoms with E-state index in [0.29, 0.717) is 50.2 Å². The number of para-hydroxylation sites is 1. The fraction of sp³-hybridized carbons (Fsp3) is 0.484. The summed E-state index contributed by atoms with van der Waals surface area (Å²) < 4.78 is 70.2. The molecule has 0 radical (unpaired) electrons. The molecule has 0 aliphatic carbocycles. The highest BCUT2D eigenvalue weighted by Crippen LogP contribution is 2.42. The van der Waals surface area contributed by atoms with Crippen molar-refractivity contribution in [3.63, 3.8) is 0 Å². The Bertz CT molecular complexity index is 1590. The molecule has 3 amide bonds. The molecule has 0 spiro atoms. The number of rotatable bonds is 11. The summed E-state index contributed by atoms with van der Waals surface area (Å²) in [6.07, 6.45) is -5.17. The van der Waals surface area contributed by atoms with E-state index in [1.165, 1.54) is 28.8 Å². The minimum absolute atomic E-state index is 0.0180. The number of imide groups is 1. The van der Waals surface area contributed by atoms with E-state index in [1.807, 2.05) is 0 Å². The summed E-state index contributed by atoms with van der Waals surface area (Å²) in [5, 5.41) is 3.84. The number of amides is 3. The number of nitrogens with zero attached hydrogens (tertiary/aromatic N) is 5. The molecule has 3 fully saturated rings. The first-order chi connectivity index (χ1) is 22.5. The second-order valence-corrected chi connectivity index (χ2v) is 12.7. The van der Waals surface area contributed by atoms with E-state index in [1.54, 1.807) is 38.1 Å². The molecule has 16 heteroatoms. The number of ether oxygens (including phenoxy) is 4. The highest BCUT2D eigenvalue weighted by molar-refractivity contribution is 7.99. The van der Waals surface area contributed by atoms with Gasteiger partial charge < -0.3 is 28.4 Å². The van der Waals surface area contributed by atoms with Gasteiger partial charge in [0.15, 0.2) is 6.29 Å². The molecule has 3 saturated heterocycles. The van der Waals surface area contributed by atoms with Crippen LogP contribution in [-0.4, -0.2) is 107 Å². The molecule has 0 saturated carbocycles. The van der Waals surface area contributed by atoms with Crippen LogP contribution >= 0.6 is 11.8 Å². The first-order valence-corrected chi connectivity index (χ1v) is 16.1. The number of alkyl halides is 3. The molecule has 0 N–H and O–H groups in total. The Balaban J connectivity index is 1.16. The van der Waals surface area contributed by atoms with Crippen LogP contribution in [0.3, 0.4) is 0 Å². The Morgan fingerprint density at radius 1 is 1.00 bits per heavy atom. The molecule has 1 aromatic heterocycles. The Morgan fingerprint density at radius 2 is 1.74 bits per heavy atom. The van der Waals surface area contributed by atoms with Gasteiger partial charge in [0.1, 0.15) is 23.6 Å². The smallest absolute Gasteiger partial charge is 0.420 e. The average molecular weight is 678 g/mol. The quantitative estimate of drug-likeness (QED) is 0.204. The molecular weight excluding hydrogens is 643 g/mol. The van der Waals surface area contributed by atoms with Gasteiger partial charge in [-0.15, -0.1) is 11.8 Å². The number of carbonyl (C=O) groups excluding carboxylic acids is 2. The zero-order valence-corrected chi connectivity index (χ0v) is 26.6. The lowest BCUT2D eigenvalue weighted by atomic mass is 10.0. The van der Waals surface area contributed by atoms with Crippen molar-refractivity contribution < 1.29 is 46.2 Å². The largest absolute Gasteiger partial charge is 0.456 e. The normalized spacial score (nSPS) is 19.3. The standard InChI is InChI=1S/C31H34F3N5O7S/c1-30(2)28(40)38(29(41)39(30)10-9-37-11-13-42-14-12-37)18-25-35-27(36-46-25)20-7-8-22(21(17-20)31(32,33)34)45-23-5-3-4-6-24(23)47-19-26-43-15-16-44-26/h3-8,17,26H,9-16,18-19H2,1-2H3. The van der Waals surface area contributed by atoms with E-state index in [-0.39, 0.29) is 29.6 Å². The first-order valence-electron chi connectivity index (χ1n) is 15.1. The van der Waals surface area contributed by atoms with Gasteiger partial charge in [-0.3, -0.25) is 14.6 Å². The summed E-state index contributed by atoms with van der Waals surface area (Å²) in [4.78, 5) is 36.1. The van der Waals surface area contributed by atoms with E-state index in [4.69, 9.17) is 23.5 Å². The minimum atomic E-state index is -4.77. The Hall–Kier alpha value is -3.70. The monoisotopic (exact) mass is 677 g/mol. The number of morpholine rings is 1. The van der Waals surface area contributed by atoms with Gasteiger partial charge in [-0.1, -0.05) is 17.3 Å². The molecule has 3 aliphatic heterocycles. The molecule has 4 heterocycles. The summed E-state index contributed by atoms with van der Waals surface area (Å²) in [7, 11) is 0. The summed E-state index contributed by atoms with van der Waals surface area (Å²) >= 11 is 1.35. The molecule has 47 heavy (non-hydrogen) atoms. The molecule has 3 aromatic rings. The maximum absolute atomic E-state index is 14.3. The predicted molar refractivity (Wildman–Crippen MR) is 162 cm³/mol. The van der Waals surface area contributed by atoms with Crippen molar-refractivity contribution in [3.05, 3.63) is 53.9 Å². The summed E-state index contributed by atoms with van der Waals surface area (Å²) in [5.74, 6) is -0.373. The van der Waals surface area contributed by atoms with E-state index >= 15 is 0 Å². The number of hydrogen-bond acceptors (Lipinski definition) is 11. The summed E-state index contributed by atoms with van der Waals surface area (Å²) in [6, 6.07) is 9.73. The first kappa shape index (κ1) is 33.2. The maximum Gasteiger partial charge on any atom is 0.420 e. The molecule has 0 unspecified atom stereocenters. The van der Waals surface area contributed by atoms with E-state index in [0.717, 1.165) is 24.1 Å². The van der Waals surface area contributed by atoms with Gasteiger partial charge in [0, 0.05) is 37.5 Å². The van der Waals surface area contributed by atoms with Crippen LogP contribution in [0.1, 0.15) is 25.3 Å². The van der Waals surface area contributed by atoms with Crippen molar-refractivity contribution in [1.29, 1.82) is 0 Å². The fourth-order valence-corrected chi connectivity index (χ4v) is 6.42. The van der Waals surface area contributed by atoms with Gasteiger partial charge in [-0.05, 0) is 44.2 Å². The number of thioether (sulfide) groups is 1. The number of benzene rings is 2. The summed E-state index contributed by atoms with van der Waals surface area (Å²) in [6.45, 7) is 7.64. The van der Waals surface area contributed by atoms with Gasteiger partial charge in [0.05, 0.1) is 36.9 Å². The number of aromatic nitrogens is 2. The molecule has 6 rings (SSSR count). The van der Waals surface area contributed by atoms with Crippen molar-refractivity contribution in [1.82, 2.24) is 24.8 Å². The zero-order chi connectivity index (χ0) is 33.2. The minimum Gasteiger partial charge on any atom is -0.456 e. The third-order valence-electron chi connectivity index (χ3n) is 8.09. The number of urea groups is 1. The SMILES string of the molecule is CC1(C)C(=O)N(Cc2nc(-c3ccc(Oc4ccccc4SCC4OCCO4)c(C(F)(F)F)c3)no2)C(=O)N1CCN1CCOCC1. The Morgan fingerprint density at radius 3 is 2.49 bits per heavy atom. The number of hydrogen-bond donors (Lipinski definition) is 0. The number of halogens is 3. The molecule has 0 atom stereocenters. The van der Waals surface area contributed by atoms with Crippen LogP contribution in [0.15, 0.2) is 51.9 Å². The maximum atomic E-state index is 14.3. The van der Waals surface area contributed by atoms with E-state index in [9.17, 15) is 22.8 Å². The van der Waals surface area contributed by atoms with Crippen LogP contribution in [-0.2, 0) is 31.7 Å². The fourth-order valence-electron chi connectivity index (χ4n) is 5.48. The van der Waals surface area contributed by atoms with Crippen molar-refractivity contribution in [3.8, 4) is 22.9 Å². The third-order valence-corrected chi connectivity index (χ3v) is 9.18. The van der Waals surface area contributed by atoms with Crippen molar-refractivity contribution in [2.24, 2.45) is 0 Å². The van der Waals surface area contributed by atoms with Crippen molar-refractivity contribution >= 4 is 23.7 Å². The zero-order valence-electron chi connectivity index (χ0n) is 25.8. The topological polar surface area (TPSA) is 120 Å². The van der Waals surface area contributed by atoms with Crippen LogP contribution in [0.5, 0.6) is 11.5 Å². The van der Waals surface area contributed by atoms with Crippen LogP contribution < -0.4 is 4.74 Å². The van der Waals surface area contributed by atoms with Gasteiger partial charge in [-0.2, -0.15) is 18.2 Å². The Labute approximate surface area is 273 Å².